The number of thiophene rings is 1. The maximum atomic E-state index is 9.03. The fraction of sp³-hybridized carbons (Fsp3) is 0. The van der Waals surface area contributed by atoms with Crippen LogP contribution in [0, 0.1) is 0 Å². The number of tetrazole rings is 1. The quantitative estimate of drug-likeness (QED) is 0.687. The molecule has 0 saturated carbocycles. The van der Waals surface area contributed by atoms with Gasteiger partial charge in [-0.2, -0.15) is 0 Å². The molecular weight excluding hydrogens is 247 g/mol. The molecule has 0 radical (unpaired) electrons. The molecule has 0 fully saturated rings. The second kappa shape index (κ2) is 4.71. The molecule has 1 N–H and O–H groups in total. The van der Waals surface area contributed by atoms with Crippen molar-refractivity contribution in [3.63, 3.8) is 0 Å². The van der Waals surface area contributed by atoms with Crippen molar-refractivity contribution in [1.82, 2.24) is 20.2 Å². The van der Waals surface area contributed by atoms with Gasteiger partial charge in [-0.1, -0.05) is 24.3 Å². The predicted octanol–water partition coefficient (Wildman–Crippen LogP) is 0.360. The molecule has 2 aromatic heterocycles. The molecule has 0 aliphatic heterocycles. The molecule has 1 aromatic carbocycles. The highest BCUT2D eigenvalue weighted by molar-refractivity contribution is 7.23. The van der Waals surface area contributed by atoms with E-state index in [9.17, 15) is 0 Å². The number of nitrogens with zero attached hydrogens (tertiary/aromatic N) is 4. The third-order valence-electron chi connectivity index (χ3n) is 2.44. The highest BCUT2D eigenvalue weighted by Crippen LogP contribution is 2.18. The normalized spacial score (nSPS) is 10.5. The van der Waals surface area contributed by atoms with Crippen molar-refractivity contribution < 1.29 is 5.02 Å². The lowest BCUT2D eigenvalue weighted by molar-refractivity contribution is 0.616. The standard InChI is InChI=1S/C11H9BN4OS/c17-12-10-7-6-9(18-10)11-13-15-16(14-11)8-4-2-1-3-5-8/h1-7,12,17H. The Morgan fingerprint density at radius 2 is 1.94 bits per heavy atom. The van der Waals surface area contributed by atoms with Crippen LogP contribution < -0.4 is 4.78 Å². The van der Waals surface area contributed by atoms with Gasteiger partial charge in [0.2, 0.25) is 5.82 Å². The van der Waals surface area contributed by atoms with Crippen LogP contribution >= 0.6 is 11.3 Å². The lowest BCUT2D eigenvalue weighted by Crippen LogP contribution is -2.06. The number of hydrogen-bond donors (Lipinski definition) is 1. The zero-order valence-electron chi connectivity index (χ0n) is 9.39. The minimum absolute atomic E-state index is 0.0392. The molecule has 0 aliphatic carbocycles. The van der Waals surface area contributed by atoms with Crippen LogP contribution in [0.5, 0.6) is 0 Å². The predicted molar refractivity (Wildman–Crippen MR) is 71.5 cm³/mol. The van der Waals surface area contributed by atoms with E-state index in [0.29, 0.717) is 5.82 Å². The lowest BCUT2D eigenvalue weighted by Gasteiger charge is -1.95. The summed E-state index contributed by atoms with van der Waals surface area (Å²) < 4.78 is 0.890. The minimum atomic E-state index is 0.0392. The van der Waals surface area contributed by atoms with E-state index in [1.165, 1.54) is 16.1 Å². The molecule has 18 heavy (non-hydrogen) atoms. The van der Waals surface area contributed by atoms with Gasteiger partial charge in [0.25, 0.3) is 0 Å². The first kappa shape index (κ1) is 11.1. The molecular formula is C11H9BN4OS. The van der Waals surface area contributed by atoms with Crippen LogP contribution in [0.4, 0.5) is 0 Å². The van der Waals surface area contributed by atoms with Gasteiger partial charge in [0.1, 0.15) is 0 Å². The van der Waals surface area contributed by atoms with Gasteiger partial charge in [-0.25, -0.2) is 0 Å². The molecule has 5 nitrogen and oxygen atoms in total. The van der Waals surface area contributed by atoms with Crippen LogP contribution in [-0.2, 0) is 0 Å². The highest BCUT2D eigenvalue weighted by atomic mass is 32.1. The Bertz CT molecular complexity index is 652. The topological polar surface area (TPSA) is 63.8 Å². The first-order chi connectivity index (χ1) is 8.86. The first-order valence-electron chi connectivity index (χ1n) is 5.42. The largest absolute Gasteiger partial charge is 0.449 e. The molecule has 7 heteroatoms. The zero-order valence-corrected chi connectivity index (χ0v) is 10.2. The van der Waals surface area contributed by atoms with E-state index in [1.807, 2.05) is 42.5 Å². The number of rotatable bonds is 3. The van der Waals surface area contributed by atoms with Gasteiger partial charge in [-0.05, 0) is 23.4 Å². The highest BCUT2D eigenvalue weighted by Gasteiger charge is 2.09. The summed E-state index contributed by atoms with van der Waals surface area (Å²) in [7, 11) is 0.0392. The minimum Gasteiger partial charge on any atom is -0.449 e. The van der Waals surface area contributed by atoms with Gasteiger partial charge >= 0.3 is 7.48 Å². The summed E-state index contributed by atoms with van der Waals surface area (Å²) in [6, 6.07) is 13.4. The maximum Gasteiger partial charge on any atom is 0.315 e. The molecule has 88 valence electrons. The molecule has 2 heterocycles. The van der Waals surface area contributed by atoms with Crippen molar-refractivity contribution in [2.75, 3.05) is 0 Å². The molecule has 3 rings (SSSR count). The van der Waals surface area contributed by atoms with Crippen LogP contribution in [0.15, 0.2) is 42.5 Å². The van der Waals surface area contributed by atoms with Crippen LogP contribution in [0.3, 0.4) is 0 Å². The average Bonchev–Trinajstić information content (AvgIpc) is 3.08. The van der Waals surface area contributed by atoms with Gasteiger partial charge in [0.05, 0.1) is 10.6 Å². The summed E-state index contributed by atoms with van der Waals surface area (Å²) >= 11 is 1.47. The number of para-hydroxylation sites is 1. The smallest absolute Gasteiger partial charge is 0.315 e. The van der Waals surface area contributed by atoms with Crippen molar-refractivity contribution in [2.24, 2.45) is 0 Å². The molecule has 0 aliphatic rings. The van der Waals surface area contributed by atoms with Crippen molar-refractivity contribution in [2.45, 2.75) is 0 Å². The Balaban J connectivity index is 1.94. The van der Waals surface area contributed by atoms with E-state index in [1.54, 1.807) is 0 Å². The van der Waals surface area contributed by atoms with Crippen LogP contribution in [0.25, 0.3) is 16.4 Å². The third-order valence-corrected chi connectivity index (χ3v) is 3.50. The van der Waals surface area contributed by atoms with Crippen molar-refractivity contribution >= 4 is 23.6 Å². The molecule has 0 saturated heterocycles. The Kier molecular flexibility index (Phi) is 2.91. The number of aromatic nitrogens is 4. The van der Waals surface area contributed by atoms with Crippen molar-refractivity contribution in [1.29, 1.82) is 0 Å². The summed E-state index contributed by atoms with van der Waals surface area (Å²) in [5.74, 6) is 0.573. The fourth-order valence-electron chi connectivity index (χ4n) is 1.57. The first-order valence-corrected chi connectivity index (χ1v) is 6.24. The molecule has 3 aromatic rings. The Labute approximate surface area is 108 Å². The summed E-state index contributed by atoms with van der Waals surface area (Å²) in [4.78, 5) is 2.40. The summed E-state index contributed by atoms with van der Waals surface area (Å²) in [6.07, 6.45) is 0. The molecule has 0 spiro atoms. The Morgan fingerprint density at radius 1 is 1.11 bits per heavy atom. The molecule has 0 amide bonds. The maximum absolute atomic E-state index is 9.03. The van der Waals surface area contributed by atoms with E-state index in [-0.39, 0.29) is 7.48 Å². The second-order valence-corrected chi connectivity index (χ2v) is 4.83. The average molecular weight is 256 g/mol. The Hall–Kier alpha value is -1.99. The molecule has 0 bridgehead atoms. The lowest BCUT2D eigenvalue weighted by atomic mass is 10.0. The van der Waals surface area contributed by atoms with Crippen molar-refractivity contribution in [3.8, 4) is 16.4 Å². The Morgan fingerprint density at radius 3 is 2.67 bits per heavy atom. The summed E-state index contributed by atoms with van der Waals surface area (Å²) in [5.41, 5.74) is 0.871. The van der Waals surface area contributed by atoms with Crippen LogP contribution in [-0.4, -0.2) is 32.7 Å². The van der Waals surface area contributed by atoms with Gasteiger partial charge in [0, 0.05) is 4.78 Å². The van der Waals surface area contributed by atoms with Crippen molar-refractivity contribution in [3.05, 3.63) is 42.5 Å². The summed E-state index contributed by atoms with van der Waals surface area (Å²) in [6.45, 7) is 0. The van der Waals surface area contributed by atoms with Gasteiger partial charge in [0.15, 0.2) is 0 Å². The van der Waals surface area contributed by atoms with E-state index in [4.69, 9.17) is 5.02 Å². The third kappa shape index (κ3) is 2.05. The second-order valence-electron chi connectivity index (χ2n) is 3.66. The van der Waals surface area contributed by atoms with E-state index < -0.39 is 0 Å². The monoisotopic (exact) mass is 256 g/mol. The SMILES string of the molecule is OBc1ccc(-c2nnn(-c3ccccc3)n2)s1. The fourth-order valence-corrected chi connectivity index (χ4v) is 2.36. The zero-order chi connectivity index (χ0) is 12.4. The van der Waals surface area contributed by atoms with Gasteiger partial charge < -0.3 is 5.02 Å². The molecule has 0 unspecified atom stereocenters. The van der Waals surface area contributed by atoms with Gasteiger partial charge in [-0.3, -0.25) is 0 Å². The van der Waals surface area contributed by atoms with E-state index >= 15 is 0 Å². The van der Waals surface area contributed by atoms with Crippen LogP contribution in [0.1, 0.15) is 0 Å². The molecule has 0 atom stereocenters. The number of benzene rings is 1. The van der Waals surface area contributed by atoms with E-state index in [2.05, 4.69) is 15.4 Å². The number of hydrogen-bond acceptors (Lipinski definition) is 5. The summed E-state index contributed by atoms with van der Waals surface area (Å²) in [5, 5.41) is 21.4. The van der Waals surface area contributed by atoms with Crippen LogP contribution in [0.2, 0.25) is 0 Å². The van der Waals surface area contributed by atoms with Gasteiger partial charge in [-0.15, -0.1) is 26.3 Å². The van der Waals surface area contributed by atoms with E-state index in [0.717, 1.165) is 15.3 Å².